The van der Waals surface area contributed by atoms with Crippen LogP contribution in [0, 0.1) is 22.1 Å². The Balaban J connectivity index is 3.26. The van der Waals surface area contributed by atoms with Crippen LogP contribution in [0.1, 0.15) is 12.5 Å². The molecule has 0 radical (unpaired) electrons. The first-order chi connectivity index (χ1) is 6.07. The van der Waals surface area contributed by atoms with Gasteiger partial charge in [0.1, 0.15) is 0 Å². The number of hydrogen-bond acceptors (Lipinski definition) is 1. The van der Waals surface area contributed by atoms with Crippen LogP contribution in [0.3, 0.4) is 0 Å². The highest BCUT2D eigenvalue weighted by molar-refractivity contribution is 14.1. The third kappa shape index (κ3) is 2.10. The van der Waals surface area contributed by atoms with Gasteiger partial charge in [0.15, 0.2) is 11.6 Å². The van der Waals surface area contributed by atoms with Gasteiger partial charge in [-0.05, 0) is 48.1 Å². The van der Waals surface area contributed by atoms with Gasteiger partial charge in [0.25, 0.3) is 0 Å². The molecule has 1 rings (SSSR count). The fraction of sp³-hybridized carbons (Fsp3) is 0.333. The van der Waals surface area contributed by atoms with E-state index in [-0.39, 0.29) is 5.75 Å². The van der Waals surface area contributed by atoms with Gasteiger partial charge in [-0.1, -0.05) is 0 Å². The molecule has 0 fully saturated rings. The zero-order valence-electron chi connectivity index (χ0n) is 7.33. The van der Waals surface area contributed by atoms with Gasteiger partial charge in [0, 0.05) is 0 Å². The van der Waals surface area contributed by atoms with Crippen LogP contribution in [0.25, 0.3) is 0 Å². The lowest BCUT2D eigenvalue weighted by Gasteiger charge is -2.08. The van der Waals surface area contributed by atoms with E-state index in [1.165, 1.54) is 6.92 Å². The number of halogens is 3. The first kappa shape index (κ1) is 10.7. The molecule has 0 aliphatic carbocycles. The molecule has 0 bridgehead atoms. The molecule has 0 atom stereocenters. The summed E-state index contributed by atoms with van der Waals surface area (Å²) in [5, 5.41) is 0. The molecule has 1 nitrogen and oxygen atoms in total. The number of hydrogen-bond donors (Lipinski definition) is 0. The Morgan fingerprint density at radius 3 is 2.54 bits per heavy atom. The molecule has 0 saturated carbocycles. The topological polar surface area (TPSA) is 9.23 Å². The predicted molar refractivity (Wildman–Crippen MR) is 55.0 cm³/mol. The van der Waals surface area contributed by atoms with E-state index in [1.807, 2.05) is 22.6 Å². The number of ether oxygens (including phenoxy) is 1. The van der Waals surface area contributed by atoms with Crippen molar-refractivity contribution < 1.29 is 13.5 Å². The molecule has 0 aliphatic heterocycles. The van der Waals surface area contributed by atoms with Crippen LogP contribution in [-0.4, -0.2) is 6.61 Å². The van der Waals surface area contributed by atoms with Gasteiger partial charge in [-0.15, -0.1) is 0 Å². The molecule has 72 valence electrons. The maximum Gasteiger partial charge on any atom is 0.201 e. The van der Waals surface area contributed by atoms with Crippen LogP contribution < -0.4 is 4.74 Å². The summed E-state index contributed by atoms with van der Waals surface area (Å²) in [6.07, 6.45) is 0. The van der Waals surface area contributed by atoms with Gasteiger partial charge < -0.3 is 4.74 Å². The highest BCUT2D eigenvalue weighted by atomic mass is 127. The summed E-state index contributed by atoms with van der Waals surface area (Å²) in [5.74, 6) is -1.72. The van der Waals surface area contributed by atoms with Crippen molar-refractivity contribution >= 4 is 22.6 Å². The normalized spacial score (nSPS) is 10.2. The molecule has 0 amide bonds. The second-order valence-corrected chi connectivity index (χ2v) is 3.73. The van der Waals surface area contributed by atoms with Crippen molar-refractivity contribution in [3.63, 3.8) is 0 Å². The molecule has 13 heavy (non-hydrogen) atoms. The largest absolute Gasteiger partial charge is 0.490 e. The van der Waals surface area contributed by atoms with E-state index >= 15 is 0 Å². The first-order valence-electron chi connectivity index (χ1n) is 3.84. The third-order valence-electron chi connectivity index (χ3n) is 1.59. The van der Waals surface area contributed by atoms with Crippen LogP contribution in [-0.2, 0) is 0 Å². The molecule has 0 heterocycles. The van der Waals surface area contributed by atoms with Crippen LogP contribution in [0.4, 0.5) is 8.78 Å². The molecule has 0 spiro atoms. The van der Waals surface area contributed by atoms with E-state index in [0.29, 0.717) is 15.7 Å². The lowest BCUT2D eigenvalue weighted by Crippen LogP contribution is -2.01. The standard InChI is InChI=1S/C9H9F2IO/c1-3-13-9-6(12)4-5(2)7(10)8(9)11/h4H,3H2,1-2H3. The van der Waals surface area contributed by atoms with Crippen LogP contribution in [0.5, 0.6) is 5.75 Å². The Morgan fingerprint density at radius 2 is 2.00 bits per heavy atom. The van der Waals surface area contributed by atoms with E-state index < -0.39 is 11.6 Å². The molecular formula is C9H9F2IO. The fourth-order valence-electron chi connectivity index (χ4n) is 0.973. The maximum absolute atomic E-state index is 13.2. The lowest BCUT2D eigenvalue weighted by atomic mass is 10.2. The quantitative estimate of drug-likeness (QED) is 0.601. The molecule has 0 N–H and O–H groups in total. The maximum atomic E-state index is 13.2. The van der Waals surface area contributed by atoms with Crippen LogP contribution >= 0.6 is 22.6 Å². The molecule has 1 aromatic rings. The average Bonchev–Trinajstić information content (AvgIpc) is 2.09. The van der Waals surface area contributed by atoms with E-state index in [0.717, 1.165) is 0 Å². The molecule has 0 aromatic heterocycles. The second-order valence-electron chi connectivity index (χ2n) is 2.57. The summed E-state index contributed by atoms with van der Waals surface area (Å²) in [5.41, 5.74) is 0.297. The summed E-state index contributed by atoms with van der Waals surface area (Å²) >= 11 is 1.92. The van der Waals surface area contributed by atoms with Crippen molar-refractivity contribution in [2.75, 3.05) is 6.61 Å². The minimum atomic E-state index is -0.897. The summed E-state index contributed by atoms with van der Waals surface area (Å²) in [4.78, 5) is 0. The van der Waals surface area contributed by atoms with Crippen molar-refractivity contribution in [2.24, 2.45) is 0 Å². The lowest BCUT2D eigenvalue weighted by molar-refractivity contribution is 0.311. The van der Waals surface area contributed by atoms with E-state index in [2.05, 4.69) is 0 Å². The van der Waals surface area contributed by atoms with Gasteiger partial charge in [0.05, 0.1) is 10.2 Å². The fourth-order valence-corrected chi connectivity index (χ4v) is 1.83. The second kappa shape index (κ2) is 4.21. The minimum Gasteiger partial charge on any atom is -0.490 e. The van der Waals surface area contributed by atoms with Gasteiger partial charge in [-0.3, -0.25) is 0 Å². The molecule has 0 saturated heterocycles. The predicted octanol–water partition coefficient (Wildman–Crippen LogP) is 3.28. The number of aryl methyl sites for hydroxylation is 1. The Labute approximate surface area is 89.2 Å². The van der Waals surface area contributed by atoms with Crippen molar-refractivity contribution in [2.45, 2.75) is 13.8 Å². The van der Waals surface area contributed by atoms with Crippen molar-refractivity contribution in [3.8, 4) is 5.75 Å². The summed E-state index contributed by atoms with van der Waals surface area (Å²) in [6.45, 7) is 3.58. The van der Waals surface area contributed by atoms with Crippen LogP contribution in [0.15, 0.2) is 6.07 Å². The number of rotatable bonds is 2. The first-order valence-corrected chi connectivity index (χ1v) is 4.92. The zero-order chi connectivity index (χ0) is 10.0. The van der Waals surface area contributed by atoms with Gasteiger partial charge >= 0.3 is 0 Å². The molecular weight excluding hydrogens is 289 g/mol. The molecule has 4 heteroatoms. The SMILES string of the molecule is CCOc1c(I)cc(C)c(F)c1F. The Kier molecular flexibility index (Phi) is 3.47. The van der Waals surface area contributed by atoms with Crippen molar-refractivity contribution in [1.82, 2.24) is 0 Å². The van der Waals surface area contributed by atoms with Gasteiger partial charge in [0.2, 0.25) is 5.82 Å². The summed E-state index contributed by atoms with van der Waals surface area (Å²) in [7, 11) is 0. The Morgan fingerprint density at radius 1 is 1.38 bits per heavy atom. The van der Waals surface area contributed by atoms with Crippen LogP contribution in [0.2, 0.25) is 0 Å². The minimum absolute atomic E-state index is 0.00574. The van der Waals surface area contributed by atoms with Gasteiger partial charge in [-0.25, -0.2) is 4.39 Å². The van der Waals surface area contributed by atoms with Gasteiger partial charge in [-0.2, -0.15) is 4.39 Å². The zero-order valence-corrected chi connectivity index (χ0v) is 9.48. The third-order valence-corrected chi connectivity index (χ3v) is 2.39. The molecule has 0 unspecified atom stereocenters. The highest BCUT2D eigenvalue weighted by Gasteiger charge is 2.15. The Hall–Kier alpha value is -0.390. The van der Waals surface area contributed by atoms with Crippen molar-refractivity contribution in [1.29, 1.82) is 0 Å². The highest BCUT2D eigenvalue weighted by Crippen LogP contribution is 2.28. The number of benzene rings is 1. The molecule has 0 aliphatic rings. The van der Waals surface area contributed by atoms with E-state index in [9.17, 15) is 8.78 Å². The smallest absolute Gasteiger partial charge is 0.201 e. The van der Waals surface area contributed by atoms with E-state index in [1.54, 1.807) is 13.0 Å². The summed E-state index contributed by atoms with van der Waals surface area (Å²) < 4.78 is 31.8. The van der Waals surface area contributed by atoms with E-state index in [4.69, 9.17) is 4.74 Å². The molecule has 1 aromatic carbocycles. The van der Waals surface area contributed by atoms with Crippen molar-refractivity contribution in [3.05, 3.63) is 26.8 Å². The summed E-state index contributed by atoms with van der Waals surface area (Å²) in [6, 6.07) is 1.56. The Bertz CT molecular complexity index is 326. The monoisotopic (exact) mass is 298 g/mol. The average molecular weight is 298 g/mol.